The second-order valence-electron chi connectivity index (χ2n) is 27.3. The molecule has 0 radical (unpaired) electrons. The third-order valence-electron chi connectivity index (χ3n) is 17.0. The van der Waals surface area contributed by atoms with Crippen LogP contribution in [0.4, 0.5) is 0 Å². The van der Waals surface area contributed by atoms with Gasteiger partial charge in [0.25, 0.3) is 0 Å². The highest BCUT2D eigenvalue weighted by Gasteiger charge is 2.30. The van der Waals surface area contributed by atoms with Crippen molar-refractivity contribution in [2.75, 3.05) is 39.6 Å². The van der Waals surface area contributed by atoms with Crippen LogP contribution in [0.2, 0.25) is 0 Å². The van der Waals surface area contributed by atoms with Gasteiger partial charge in [-0.25, -0.2) is 9.13 Å². The van der Waals surface area contributed by atoms with Crippen molar-refractivity contribution < 1.29 is 80.2 Å². The third kappa shape index (κ3) is 66.7. The summed E-state index contributed by atoms with van der Waals surface area (Å²) in [5.74, 6) is -0.543. The van der Waals surface area contributed by atoms with E-state index in [1.165, 1.54) is 193 Å². The average Bonchev–Trinajstić information content (AvgIpc) is 2.71. The van der Waals surface area contributed by atoms with Crippen LogP contribution in [0.15, 0.2) is 0 Å². The Kier molecular flexibility index (Phi) is 63.7. The van der Waals surface area contributed by atoms with E-state index < -0.39 is 97.5 Å². The Morgan fingerprint density at radius 3 is 0.739 bits per heavy atom. The fourth-order valence-electron chi connectivity index (χ4n) is 11.1. The number of hydrogen-bond donors (Lipinski definition) is 3. The van der Waals surface area contributed by atoms with Crippen molar-refractivity contribution in [1.29, 1.82) is 0 Å². The summed E-state index contributed by atoms with van der Waals surface area (Å²) < 4.78 is 68.4. The van der Waals surface area contributed by atoms with E-state index in [4.69, 9.17) is 37.0 Å². The van der Waals surface area contributed by atoms with Crippen molar-refractivity contribution in [3.63, 3.8) is 0 Å². The predicted octanol–water partition coefficient (Wildman–Crippen LogP) is 21.2. The zero-order valence-electron chi connectivity index (χ0n) is 59.9. The maximum Gasteiger partial charge on any atom is 0.472 e. The fourth-order valence-corrected chi connectivity index (χ4v) is 12.7. The molecule has 0 aliphatic heterocycles. The number of aliphatic hydroxyl groups excluding tert-OH is 1. The molecular formula is C73H142O17P2. The number of phosphoric ester groups is 2. The zero-order valence-corrected chi connectivity index (χ0v) is 61.6. The molecule has 0 saturated heterocycles. The molecule has 0 aliphatic rings. The van der Waals surface area contributed by atoms with Crippen LogP contribution < -0.4 is 0 Å². The molecule has 5 atom stereocenters. The van der Waals surface area contributed by atoms with Gasteiger partial charge in [0.05, 0.1) is 26.4 Å². The lowest BCUT2D eigenvalue weighted by molar-refractivity contribution is -0.161. The van der Waals surface area contributed by atoms with Gasteiger partial charge < -0.3 is 33.8 Å². The van der Waals surface area contributed by atoms with E-state index in [9.17, 15) is 43.2 Å². The minimum Gasteiger partial charge on any atom is -0.462 e. The molecule has 546 valence electrons. The number of carbonyl (C=O) groups excluding carboxylic acids is 4. The van der Waals surface area contributed by atoms with Crippen molar-refractivity contribution in [2.24, 2.45) is 11.8 Å². The number of carbonyl (C=O) groups is 4. The molecule has 19 heteroatoms. The normalized spacial score (nSPS) is 14.1. The molecule has 3 N–H and O–H groups in total. The van der Waals surface area contributed by atoms with Crippen LogP contribution in [-0.4, -0.2) is 96.7 Å². The number of unbranched alkanes of at least 4 members (excludes halogenated alkanes) is 42. The maximum atomic E-state index is 13.1. The van der Waals surface area contributed by atoms with E-state index in [0.29, 0.717) is 25.7 Å². The first-order valence-electron chi connectivity index (χ1n) is 38.0. The van der Waals surface area contributed by atoms with Crippen LogP contribution >= 0.6 is 15.6 Å². The molecule has 0 rings (SSSR count). The SMILES string of the molecule is CCCCCCCCCCCCCC(=O)O[C@H](COC(=O)CCCCCCCCCCC)COP(=O)(O)OC[C@H](O)COP(=O)(O)OC[C@@H](COC(=O)CCCCCCCCCCCCCCC(C)C)OC(=O)CCCCCCCCCCCCCCCCC(C)C. The Hall–Kier alpha value is -1.94. The third-order valence-corrected chi connectivity index (χ3v) is 18.9. The zero-order chi connectivity index (χ0) is 67.9. The standard InChI is InChI=1S/C73H142O17P2/c1-7-9-11-13-15-17-24-33-39-45-51-57-72(77)89-68(61-83-70(75)55-49-43-37-29-16-14-12-10-8-2)63-87-91(79,80)85-59-67(74)60-86-92(81,82)88-64-69(62-84-71(76)56-50-44-38-32-27-23-22-26-31-36-42-48-54-66(5)6)90-73(78)58-52-46-40-34-28-21-19-18-20-25-30-35-41-47-53-65(3)4/h65-69,74H,7-64H2,1-6H3,(H,79,80)(H,81,82)/t67-,68+,69+/m0/s1. The summed E-state index contributed by atoms with van der Waals surface area (Å²) in [4.78, 5) is 72.6. The average molecular weight is 1350 g/mol. The van der Waals surface area contributed by atoms with Crippen LogP contribution in [0.5, 0.6) is 0 Å². The molecular weight excluding hydrogens is 1210 g/mol. The minimum absolute atomic E-state index is 0.107. The summed E-state index contributed by atoms with van der Waals surface area (Å²) in [6.07, 6.45) is 51.2. The van der Waals surface area contributed by atoms with Gasteiger partial charge >= 0.3 is 39.5 Å². The Bertz CT molecular complexity index is 1790. The molecule has 0 amide bonds. The Morgan fingerprint density at radius 1 is 0.293 bits per heavy atom. The van der Waals surface area contributed by atoms with Crippen molar-refractivity contribution >= 4 is 39.5 Å². The quantitative estimate of drug-likeness (QED) is 0.0222. The lowest BCUT2D eigenvalue weighted by Crippen LogP contribution is -2.30. The van der Waals surface area contributed by atoms with Gasteiger partial charge in [-0.3, -0.25) is 37.3 Å². The van der Waals surface area contributed by atoms with Gasteiger partial charge in [0.1, 0.15) is 19.3 Å². The van der Waals surface area contributed by atoms with Crippen LogP contribution in [0.1, 0.15) is 375 Å². The highest BCUT2D eigenvalue weighted by Crippen LogP contribution is 2.45. The molecule has 0 aromatic carbocycles. The lowest BCUT2D eigenvalue weighted by atomic mass is 10.0. The van der Waals surface area contributed by atoms with Gasteiger partial charge in [0, 0.05) is 25.7 Å². The minimum atomic E-state index is -4.95. The molecule has 0 aromatic heterocycles. The van der Waals surface area contributed by atoms with Crippen LogP contribution in [0.3, 0.4) is 0 Å². The smallest absolute Gasteiger partial charge is 0.462 e. The van der Waals surface area contributed by atoms with Gasteiger partial charge in [0.2, 0.25) is 0 Å². The second-order valence-corrected chi connectivity index (χ2v) is 30.2. The fraction of sp³-hybridized carbons (Fsp3) is 0.945. The van der Waals surface area contributed by atoms with Crippen LogP contribution in [0, 0.1) is 11.8 Å². The summed E-state index contributed by atoms with van der Waals surface area (Å²) in [5, 5.41) is 10.6. The van der Waals surface area contributed by atoms with Gasteiger partial charge in [-0.05, 0) is 37.5 Å². The highest BCUT2D eigenvalue weighted by molar-refractivity contribution is 7.47. The number of hydrogen-bond acceptors (Lipinski definition) is 15. The van der Waals surface area contributed by atoms with Gasteiger partial charge in [-0.2, -0.15) is 0 Å². The summed E-state index contributed by atoms with van der Waals surface area (Å²) >= 11 is 0. The number of phosphoric acid groups is 2. The van der Waals surface area contributed by atoms with E-state index in [1.54, 1.807) is 0 Å². The number of esters is 4. The van der Waals surface area contributed by atoms with E-state index in [0.717, 1.165) is 102 Å². The number of rotatable bonds is 72. The Labute approximate surface area is 562 Å². The molecule has 2 unspecified atom stereocenters. The van der Waals surface area contributed by atoms with Crippen molar-refractivity contribution in [1.82, 2.24) is 0 Å². The first kappa shape index (κ1) is 90.1. The molecule has 0 aliphatic carbocycles. The van der Waals surface area contributed by atoms with E-state index >= 15 is 0 Å². The van der Waals surface area contributed by atoms with Crippen LogP contribution in [-0.2, 0) is 65.4 Å². The monoisotopic (exact) mass is 1350 g/mol. The second kappa shape index (κ2) is 65.0. The number of aliphatic hydroxyl groups is 1. The summed E-state index contributed by atoms with van der Waals surface area (Å²) in [6, 6.07) is 0. The Morgan fingerprint density at radius 2 is 0.500 bits per heavy atom. The molecule has 0 fully saturated rings. The molecule has 0 aromatic rings. The first-order valence-corrected chi connectivity index (χ1v) is 41.0. The topological polar surface area (TPSA) is 237 Å². The highest BCUT2D eigenvalue weighted by atomic mass is 31.2. The molecule has 0 bridgehead atoms. The maximum absolute atomic E-state index is 13.1. The molecule has 0 heterocycles. The van der Waals surface area contributed by atoms with Crippen molar-refractivity contribution in [2.45, 2.75) is 394 Å². The lowest BCUT2D eigenvalue weighted by Gasteiger charge is -2.21. The van der Waals surface area contributed by atoms with E-state index in [2.05, 4.69) is 41.5 Å². The summed E-state index contributed by atoms with van der Waals surface area (Å²) in [5.41, 5.74) is 0. The van der Waals surface area contributed by atoms with Gasteiger partial charge in [-0.1, -0.05) is 324 Å². The predicted molar refractivity (Wildman–Crippen MR) is 372 cm³/mol. The van der Waals surface area contributed by atoms with E-state index in [-0.39, 0.29) is 25.7 Å². The Balaban J connectivity index is 5.23. The van der Waals surface area contributed by atoms with Gasteiger partial charge in [-0.15, -0.1) is 0 Å². The summed E-state index contributed by atoms with van der Waals surface area (Å²) in [6.45, 7) is 9.59. The van der Waals surface area contributed by atoms with E-state index in [1.807, 2.05) is 0 Å². The molecule has 92 heavy (non-hydrogen) atoms. The van der Waals surface area contributed by atoms with Gasteiger partial charge in [0.15, 0.2) is 12.2 Å². The number of ether oxygens (including phenoxy) is 4. The summed E-state index contributed by atoms with van der Waals surface area (Å²) in [7, 11) is -9.90. The largest absolute Gasteiger partial charge is 0.472 e. The molecule has 0 saturated carbocycles. The van der Waals surface area contributed by atoms with Crippen molar-refractivity contribution in [3.05, 3.63) is 0 Å². The molecule has 0 spiro atoms. The van der Waals surface area contributed by atoms with Crippen molar-refractivity contribution in [3.8, 4) is 0 Å². The van der Waals surface area contributed by atoms with Crippen LogP contribution in [0.25, 0.3) is 0 Å². The first-order chi connectivity index (χ1) is 44.4. The molecule has 17 nitrogen and oxygen atoms in total.